The third kappa shape index (κ3) is 3.44. The number of hydrogen-bond acceptors (Lipinski definition) is 3. The maximum Gasteiger partial charge on any atom is 0.186 e. The number of carbonyl (C=O) groups excluding carboxylic acids is 1. The summed E-state index contributed by atoms with van der Waals surface area (Å²) in [5, 5.41) is 0. The quantitative estimate of drug-likeness (QED) is 0.550. The molecule has 0 unspecified atom stereocenters. The maximum atomic E-state index is 12.3. The highest BCUT2D eigenvalue weighted by molar-refractivity contribution is 9.10. The lowest BCUT2D eigenvalue weighted by atomic mass is 10.0. The predicted molar refractivity (Wildman–Crippen MR) is 98.8 cm³/mol. The van der Waals surface area contributed by atoms with E-state index in [1.165, 1.54) is 0 Å². The molecule has 0 aromatic heterocycles. The van der Waals surface area contributed by atoms with Crippen LogP contribution in [-0.4, -0.2) is 19.5 Å². The predicted octanol–water partition coefficient (Wildman–Crippen LogP) is 4.98. The Labute approximate surface area is 149 Å². The first-order valence-electron chi connectivity index (χ1n) is 7.57. The first-order valence-corrected chi connectivity index (χ1v) is 8.36. The van der Waals surface area contributed by atoms with Gasteiger partial charge in [-0.25, -0.2) is 0 Å². The van der Waals surface area contributed by atoms with Gasteiger partial charge in [-0.05, 0) is 42.3 Å². The molecule has 0 N–H and O–H groups in total. The SMILES string of the molecule is COc1cc(Br)cc2c1OCC(/C=C/C(=O)c1ccccc1C)=C2. The molecule has 0 radical (unpaired) electrons. The van der Waals surface area contributed by atoms with E-state index in [1.807, 2.05) is 55.5 Å². The van der Waals surface area contributed by atoms with E-state index in [4.69, 9.17) is 9.47 Å². The summed E-state index contributed by atoms with van der Waals surface area (Å²) in [6.45, 7) is 2.34. The minimum absolute atomic E-state index is 0.00776. The molecule has 2 aromatic carbocycles. The van der Waals surface area contributed by atoms with Gasteiger partial charge in [0.2, 0.25) is 0 Å². The van der Waals surface area contributed by atoms with Gasteiger partial charge >= 0.3 is 0 Å². The minimum atomic E-state index is -0.00776. The van der Waals surface area contributed by atoms with Crippen molar-refractivity contribution in [3.63, 3.8) is 0 Å². The minimum Gasteiger partial charge on any atom is -0.493 e. The average Bonchev–Trinajstić information content (AvgIpc) is 2.58. The van der Waals surface area contributed by atoms with Crippen LogP contribution in [0.1, 0.15) is 21.5 Å². The first-order chi connectivity index (χ1) is 11.6. The van der Waals surface area contributed by atoms with Gasteiger partial charge < -0.3 is 9.47 Å². The van der Waals surface area contributed by atoms with E-state index >= 15 is 0 Å². The van der Waals surface area contributed by atoms with E-state index in [-0.39, 0.29) is 5.78 Å². The molecule has 3 nitrogen and oxygen atoms in total. The fourth-order valence-electron chi connectivity index (χ4n) is 2.62. The Bertz CT molecular complexity index is 850. The van der Waals surface area contributed by atoms with E-state index in [0.29, 0.717) is 12.4 Å². The third-order valence-corrected chi connectivity index (χ3v) is 4.31. The van der Waals surface area contributed by atoms with Crippen molar-refractivity contribution in [2.45, 2.75) is 6.92 Å². The number of ketones is 1. The van der Waals surface area contributed by atoms with Crippen molar-refractivity contribution in [2.75, 3.05) is 13.7 Å². The summed E-state index contributed by atoms with van der Waals surface area (Å²) < 4.78 is 12.1. The number of allylic oxidation sites excluding steroid dienone is 1. The van der Waals surface area contributed by atoms with Crippen LogP contribution in [0.15, 0.2) is 58.6 Å². The number of hydrogen-bond donors (Lipinski definition) is 0. The molecule has 1 aliphatic heterocycles. The maximum absolute atomic E-state index is 12.3. The number of rotatable bonds is 4. The molecule has 0 saturated carbocycles. The van der Waals surface area contributed by atoms with Gasteiger partial charge in [-0.2, -0.15) is 0 Å². The number of aryl methyl sites for hydroxylation is 1. The van der Waals surface area contributed by atoms with E-state index in [9.17, 15) is 4.79 Å². The van der Waals surface area contributed by atoms with Crippen molar-refractivity contribution < 1.29 is 14.3 Å². The van der Waals surface area contributed by atoms with Gasteiger partial charge in [0.1, 0.15) is 6.61 Å². The Hall–Kier alpha value is -2.33. The molecule has 2 aromatic rings. The summed E-state index contributed by atoms with van der Waals surface area (Å²) in [7, 11) is 1.62. The highest BCUT2D eigenvalue weighted by Gasteiger charge is 2.16. The summed E-state index contributed by atoms with van der Waals surface area (Å²) in [5.41, 5.74) is 3.55. The third-order valence-electron chi connectivity index (χ3n) is 3.85. The van der Waals surface area contributed by atoms with E-state index in [1.54, 1.807) is 13.2 Å². The highest BCUT2D eigenvalue weighted by atomic mass is 79.9. The zero-order valence-corrected chi connectivity index (χ0v) is 15.1. The second kappa shape index (κ2) is 7.05. The fraction of sp³-hybridized carbons (Fsp3) is 0.150. The zero-order valence-electron chi connectivity index (χ0n) is 13.5. The summed E-state index contributed by atoms with van der Waals surface area (Å²) in [5.74, 6) is 1.41. The monoisotopic (exact) mass is 384 g/mol. The van der Waals surface area contributed by atoms with E-state index in [0.717, 1.165) is 32.5 Å². The zero-order chi connectivity index (χ0) is 17.1. The Kier molecular flexibility index (Phi) is 4.86. The average molecular weight is 385 g/mol. The van der Waals surface area contributed by atoms with Gasteiger partial charge in [0.25, 0.3) is 0 Å². The Balaban J connectivity index is 1.86. The molecule has 0 saturated heterocycles. The molecule has 122 valence electrons. The van der Waals surface area contributed by atoms with Crippen LogP contribution in [0, 0.1) is 6.92 Å². The molecule has 0 fully saturated rings. The summed E-state index contributed by atoms with van der Waals surface area (Å²) >= 11 is 3.47. The molecule has 0 spiro atoms. The summed E-state index contributed by atoms with van der Waals surface area (Å²) in [4.78, 5) is 12.3. The molecule has 0 aliphatic carbocycles. The smallest absolute Gasteiger partial charge is 0.186 e. The Morgan fingerprint density at radius 3 is 2.83 bits per heavy atom. The van der Waals surface area contributed by atoms with Gasteiger partial charge in [0.05, 0.1) is 7.11 Å². The largest absolute Gasteiger partial charge is 0.493 e. The Morgan fingerprint density at radius 2 is 2.08 bits per heavy atom. The van der Waals surface area contributed by atoms with E-state index in [2.05, 4.69) is 15.9 Å². The van der Waals surface area contributed by atoms with Crippen LogP contribution >= 0.6 is 15.9 Å². The van der Waals surface area contributed by atoms with Crippen molar-refractivity contribution in [1.29, 1.82) is 0 Å². The first kappa shape index (κ1) is 16.5. The summed E-state index contributed by atoms with van der Waals surface area (Å²) in [6.07, 6.45) is 5.41. The lowest BCUT2D eigenvalue weighted by Crippen LogP contribution is -2.08. The highest BCUT2D eigenvalue weighted by Crippen LogP contribution is 2.38. The van der Waals surface area contributed by atoms with Crippen LogP contribution in [0.2, 0.25) is 0 Å². The van der Waals surface area contributed by atoms with Gasteiger partial charge in [-0.15, -0.1) is 0 Å². The molecule has 1 aliphatic rings. The number of fused-ring (bicyclic) bond motifs is 1. The van der Waals surface area contributed by atoms with Crippen molar-refractivity contribution in [3.8, 4) is 11.5 Å². The molecule has 24 heavy (non-hydrogen) atoms. The number of methoxy groups -OCH3 is 1. The fourth-order valence-corrected chi connectivity index (χ4v) is 3.07. The molecule has 3 rings (SSSR count). The normalized spacial score (nSPS) is 13.2. The van der Waals surface area contributed by atoms with Crippen molar-refractivity contribution in [2.24, 2.45) is 0 Å². The second-order valence-electron chi connectivity index (χ2n) is 5.55. The van der Waals surface area contributed by atoms with Crippen LogP contribution in [-0.2, 0) is 0 Å². The van der Waals surface area contributed by atoms with Crippen LogP contribution in [0.4, 0.5) is 0 Å². The number of carbonyl (C=O) groups is 1. The number of ether oxygens (including phenoxy) is 2. The standard InChI is InChI=1S/C20H17BrO3/c1-13-5-3-4-6-17(13)18(22)8-7-14-9-15-10-16(21)11-19(23-2)20(15)24-12-14/h3-11H,12H2,1-2H3/b8-7+. The van der Waals surface area contributed by atoms with Gasteiger partial charge in [-0.3, -0.25) is 4.79 Å². The number of halogens is 1. The molecule has 0 atom stereocenters. The molecule has 0 bridgehead atoms. The number of benzene rings is 2. The lowest BCUT2D eigenvalue weighted by Gasteiger charge is -2.19. The second-order valence-corrected chi connectivity index (χ2v) is 6.46. The van der Waals surface area contributed by atoms with Gasteiger partial charge in [0.15, 0.2) is 17.3 Å². The van der Waals surface area contributed by atoms with Crippen molar-refractivity contribution in [1.82, 2.24) is 0 Å². The molecule has 0 amide bonds. The topological polar surface area (TPSA) is 35.5 Å². The van der Waals surface area contributed by atoms with Gasteiger partial charge in [0, 0.05) is 15.6 Å². The molecular formula is C20H17BrO3. The van der Waals surface area contributed by atoms with E-state index < -0.39 is 0 Å². The Morgan fingerprint density at radius 1 is 1.29 bits per heavy atom. The van der Waals surface area contributed by atoms with Crippen molar-refractivity contribution in [3.05, 3.63) is 75.3 Å². The molecule has 1 heterocycles. The van der Waals surface area contributed by atoms with Crippen LogP contribution < -0.4 is 9.47 Å². The lowest BCUT2D eigenvalue weighted by molar-refractivity contribution is 0.104. The van der Waals surface area contributed by atoms with Crippen molar-refractivity contribution >= 4 is 27.8 Å². The van der Waals surface area contributed by atoms with Gasteiger partial charge in [-0.1, -0.05) is 46.3 Å². The molecular weight excluding hydrogens is 368 g/mol. The molecule has 4 heteroatoms. The summed E-state index contributed by atoms with van der Waals surface area (Å²) in [6, 6.07) is 11.4. The van der Waals surface area contributed by atoms with Crippen LogP contribution in [0.5, 0.6) is 11.5 Å². The van der Waals surface area contributed by atoms with Crippen LogP contribution in [0.25, 0.3) is 6.08 Å². The van der Waals surface area contributed by atoms with Crippen LogP contribution in [0.3, 0.4) is 0 Å².